The minimum absolute atomic E-state index is 0.0797. The normalized spacial score (nSPS) is 10.3. The van der Waals surface area contributed by atoms with E-state index in [1.54, 1.807) is 7.11 Å². The smallest absolute Gasteiger partial charge is 0.238 e. The van der Waals surface area contributed by atoms with Gasteiger partial charge in [0.2, 0.25) is 5.91 Å². The Morgan fingerprint density at radius 2 is 2.29 bits per heavy atom. The monoisotopic (exact) mass is 260 g/mol. The number of halogens is 2. The van der Waals surface area contributed by atoms with Crippen molar-refractivity contribution in [3.05, 3.63) is 29.0 Å². The number of hydrogen-bond donors (Lipinski definition) is 2. The maximum atomic E-state index is 13.3. The third kappa shape index (κ3) is 5.12. The minimum atomic E-state index is -0.514. The molecular formula is C11H14ClFN2O2. The second-order valence-corrected chi connectivity index (χ2v) is 3.78. The van der Waals surface area contributed by atoms with Crippen LogP contribution in [0.1, 0.15) is 0 Å². The summed E-state index contributed by atoms with van der Waals surface area (Å²) in [5, 5.41) is 5.64. The van der Waals surface area contributed by atoms with Crippen LogP contribution in [0.25, 0.3) is 0 Å². The molecule has 0 spiro atoms. The zero-order valence-corrected chi connectivity index (χ0v) is 10.2. The highest BCUT2D eigenvalue weighted by Crippen LogP contribution is 2.19. The predicted octanol–water partition coefficient (Wildman–Crippen LogP) is 1.65. The second kappa shape index (κ2) is 7.21. The molecule has 0 aliphatic rings. The molecule has 0 unspecified atom stereocenters. The van der Waals surface area contributed by atoms with Crippen LogP contribution in [0, 0.1) is 5.82 Å². The highest BCUT2D eigenvalue weighted by Gasteiger charge is 2.06. The summed E-state index contributed by atoms with van der Waals surface area (Å²) in [5.41, 5.74) is 0.0797. The zero-order valence-electron chi connectivity index (χ0n) is 9.43. The molecule has 0 radical (unpaired) electrons. The van der Waals surface area contributed by atoms with E-state index < -0.39 is 5.82 Å². The van der Waals surface area contributed by atoms with Gasteiger partial charge in [0, 0.05) is 18.7 Å². The third-order valence-electron chi connectivity index (χ3n) is 1.97. The molecule has 0 saturated carbocycles. The van der Waals surface area contributed by atoms with E-state index in [9.17, 15) is 9.18 Å². The molecule has 94 valence electrons. The van der Waals surface area contributed by atoms with Gasteiger partial charge in [0.15, 0.2) is 0 Å². The summed E-state index contributed by atoms with van der Waals surface area (Å²) in [5.74, 6) is -0.845. The fourth-order valence-corrected chi connectivity index (χ4v) is 1.34. The Balaban J connectivity index is 2.42. The van der Waals surface area contributed by atoms with E-state index in [1.165, 1.54) is 18.2 Å². The van der Waals surface area contributed by atoms with Crippen molar-refractivity contribution in [1.82, 2.24) is 5.32 Å². The first-order chi connectivity index (χ1) is 8.13. The largest absolute Gasteiger partial charge is 0.383 e. The topological polar surface area (TPSA) is 50.4 Å². The number of rotatable bonds is 6. The number of benzene rings is 1. The van der Waals surface area contributed by atoms with E-state index in [0.717, 1.165) is 0 Å². The third-order valence-corrected chi connectivity index (χ3v) is 2.21. The van der Waals surface area contributed by atoms with Crippen LogP contribution < -0.4 is 10.6 Å². The van der Waals surface area contributed by atoms with E-state index in [1.807, 2.05) is 0 Å². The standard InChI is InChI=1S/C11H14ClFN2O2/c1-17-5-4-14-7-11(16)15-10-6-8(12)2-3-9(10)13/h2-3,6,14H,4-5,7H2,1H3,(H,15,16). The Morgan fingerprint density at radius 3 is 3.00 bits per heavy atom. The van der Waals surface area contributed by atoms with Gasteiger partial charge >= 0.3 is 0 Å². The Hall–Kier alpha value is -1.17. The molecule has 0 fully saturated rings. The van der Waals surface area contributed by atoms with Crippen molar-refractivity contribution in [2.24, 2.45) is 0 Å². The Labute approximate surface area is 104 Å². The molecule has 0 aliphatic heterocycles. The number of hydrogen-bond acceptors (Lipinski definition) is 3. The van der Waals surface area contributed by atoms with Crippen molar-refractivity contribution in [3.8, 4) is 0 Å². The highest BCUT2D eigenvalue weighted by atomic mass is 35.5. The zero-order chi connectivity index (χ0) is 12.7. The fourth-order valence-electron chi connectivity index (χ4n) is 1.16. The maximum absolute atomic E-state index is 13.3. The molecule has 1 amide bonds. The lowest BCUT2D eigenvalue weighted by molar-refractivity contribution is -0.115. The van der Waals surface area contributed by atoms with Gasteiger partial charge < -0.3 is 15.4 Å². The van der Waals surface area contributed by atoms with Crippen molar-refractivity contribution < 1.29 is 13.9 Å². The van der Waals surface area contributed by atoms with Gasteiger partial charge in [-0.2, -0.15) is 0 Å². The number of nitrogens with one attached hydrogen (secondary N) is 2. The number of methoxy groups -OCH3 is 1. The van der Waals surface area contributed by atoms with Gasteiger partial charge in [0.25, 0.3) is 0 Å². The lowest BCUT2D eigenvalue weighted by atomic mass is 10.3. The number of anilines is 1. The summed E-state index contributed by atoms with van der Waals surface area (Å²) in [6.07, 6.45) is 0. The van der Waals surface area contributed by atoms with Crippen LogP contribution in [0.15, 0.2) is 18.2 Å². The van der Waals surface area contributed by atoms with Crippen molar-refractivity contribution in [2.75, 3.05) is 32.1 Å². The molecule has 0 aliphatic carbocycles. The van der Waals surface area contributed by atoms with Gasteiger partial charge in [0.05, 0.1) is 18.8 Å². The van der Waals surface area contributed by atoms with Gasteiger partial charge in [0.1, 0.15) is 5.82 Å². The van der Waals surface area contributed by atoms with E-state index in [4.69, 9.17) is 16.3 Å². The van der Waals surface area contributed by atoms with Crippen molar-refractivity contribution in [1.29, 1.82) is 0 Å². The fraction of sp³-hybridized carbons (Fsp3) is 0.364. The van der Waals surface area contributed by atoms with Crippen LogP contribution in [0.5, 0.6) is 0 Å². The first-order valence-electron chi connectivity index (χ1n) is 5.08. The summed E-state index contributed by atoms with van der Waals surface area (Å²) < 4.78 is 18.1. The van der Waals surface area contributed by atoms with E-state index in [-0.39, 0.29) is 18.1 Å². The Kier molecular flexibility index (Phi) is 5.90. The van der Waals surface area contributed by atoms with Crippen molar-refractivity contribution in [2.45, 2.75) is 0 Å². The Morgan fingerprint density at radius 1 is 1.53 bits per heavy atom. The molecule has 0 saturated heterocycles. The van der Waals surface area contributed by atoms with E-state index >= 15 is 0 Å². The highest BCUT2D eigenvalue weighted by molar-refractivity contribution is 6.30. The molecule has 6 heteroatoms. The first-order valence-corrected chi connectivity index (χ1v) is 5.46. The summed E-state index contributed by atoms with van der Waals surface area (Å²) in [6, 6.07) is 3.99. The molecule has 2 N–H and O–H groups in total. The molecule has 0 atom stereocenters. The lowest BCUT2D eigenvalue weighted by Gasteiger charge is -2.07. The summed E-state index contributed by atoms with van der Waals surface area (Å²) >= 11 is 5.70. The molecule has 1 aromatic rings. The van der Waals surface area contributed by atoms with Crippen molar-refractivity contribution >= 4 is 23.2 Å². The van der Waals surface area contributed by atoms with Gasteiger partial charge in [-0.3, -0.25) is 4.79 Å². The molecule has 1 rings (SSSR count). The molecular weight excluding hydrogens is 247 g/mol. The number of amides is 1. The second-order valence-electron chi connectivity index (χ2n) is 3.34. The van der Waals surface area contributed by atoms with Gasteiger partial charge in [-0.25, -0.2) is 4.39 Å². The van der Waals surface area contributed by atoms with Gasteiger partial charge in [-0.15, -0.1) is 0 Å². The van der Waals surface area contributed by atoms with Crippen LogP contribution >= 0.6 is 11.6 Å². The molecule has 4 nitrogen and oxygen atoms in total. The van der Waals surface area contributed by atoms with Gasteiger partial charge in [-0.05, 0) is 18.2 Å². The van der Waals surface area contributed by atoms with Crippen molar-refractivity contribution in [3.63, 3.8) is 0 Å². The van der Waals surface area contributed by atoms with Crippen LogP contribution in [-0.4, -0.2) is 32.7 Å². The molecule has 17 heavy (non-hydrogen) atoms. The quantitative estimate of drug-likeness (QED) is 0.765. The average molecular weight is 261 g/mol. The minimum Gasteiger partial charge on any atom is -0.383 e. The van der Waals surface area contributed by atoms with Crippen LogP contribution in [0.4, 0.5) is 10.1 Å². The van der Waals surface area contributed by atoms with E-state index in [2.05, 4.69) is 10.6 Å². The summed E-state index contributed by atoms with van der Waals surface area (Å²) in [6.45, 7) is 1.16. The summed E-state index contributed by atoms with van der Waals surface area (Å²) in [4.78, 5) is 11.4. The number of carbonyl (C=O) groups excluding carboxylic acids is 1. The van der Waals surface area contributed by atoms with Gasteiger partial charge in [-0.1, -0.05) is 11.6 Å². The van der Waals surface area contributed by atoms with Crippen LogP contribution in [0.3, 0.4) is 0 Å². The average Bonchev–Trinajstić information content (AvgIpc) is 2.29. The predicted molar refractivity (Wildman–Crippen MR) is 64.8 cm³/mol. The van der Waals surface area contributed by atoms with Crippen LogP contribution in [0.2, 0.25) is 5.02 Å². The molecule has 0 bridgehead atoms. The molecule has 0 heterocycles. The first kappa shape index (κ1) is 13.9. The SMILES string of the molecule is COCCNCC(=O)Nc1cc(Cl)ccc1F. The lowest BCUT2D eigenvalue weighted by Crippen LogP contribution is -2.30. The number of ether oxygens (including phenoxy) is 1. The number of carbonyl (C=O) groups is 1. The Bertz CT molecular complexity index is 388. The molecule has 0 aromatic heterocycles. The summed E-state index contributed by atoms with van der Waals surface area (Å²) in [7, 11) is 1.57. The maximum Gasteiger partial charge on any atom is 0.238 e. The van der Waals surface area contributed by atoms with Crippen LogP contribution in [-0.2, 0) is 9.53 Å². The van der Waals surface area contributed by atoms with E-state index in [0.29, 0.717) is 18.2 Å². The molecule has 1 aromatic carbocycles.